The number of fused-ring (bicyclic) bond motifs is 9. The minimum atomic E-state index is 0.639. The van der Waals surface area contributed by atoms with Gasteiger partial charge in [-0.2, -0.15) is 0 Å². The molecule has 0 amide bonds. The molecule has 0 N–H and O–H groups in total. The summed E-state index contributed by atoms with van der Waals surface area (Å²) in [7, 11) is 0. The standard InChI is InChI=1S/C51H32N4/c1-2-12-35(13-3-1)49-52-50(54-51(53-49)37-28-31-43-41-16-5-4-14-39(41)40-15-6-7-17-42(40)46(43)32-37)36-24-22-33(23-25-36)34-26-29-38(30-27-34)55-47-20-10-8-18-44(47)45-19-9-11-21-48(45)55/h1-32H. The summed E-state index contributed by atoms with van der Waals surface area (Å²) in [6.07, 6.45) is 0. The number of hydrogen-bond acceptors (Lipinski definition) is 3. The van der Waals surface area contributed by atoms with E-state index in [2.05, 4.69) is 180 Å². The van der Waals surface area contributed by atoms with Crippen LogP contribution in [0.25, 0.3) is 105 Å². The molecule has 2 aromatic heterocycles. The second-order valence-electron chi connectivity index (χ2n) is 14.0. The molecule has 0 radical (unpaired) electrons. The molecule has 2 heterocycles. The van der Waals surface area contributed by atoms with E-state index in [0.717, 1.165) is 33.5 Å². The van der Waals surface area contributed by atoms with Crippen molar-refractivity contribution < 1.29 is 0 Å². The number of hydrogen-bond donors (Lipinski definition) is 0. The molecule has 0 saturated carbocycles. The Morgan fingerprint density at radius 1 is 0.255 bits per heavy atom. The van der Waals surface area contributed by atoms with Gasteiger partial charge in [0.2, 0.25) is 0 Å². The predicted molar refractivity (Wildman–Crippen MR) is 228 cm³/mol. The van der Waals surface area contributed by atoms with Crippen LogP contribution in [0.2, 0.25) is 0 Å². The maximum Gasteiger partial charge on any atom is 0.164 e. The van der Waals surface area contributed by atoms with Crippen molar-refractivity contribution in [3.8, 4) is 51.0 Å². The van der Waals surface area contributed by atoms with Gasteiger partial charge < -0.3 is 4.57 Å². The lowest BCUT2D eigenvalue weighted by Gasteiger charge is -2.13. The Bertz CT molecular complexity index is 3150. The monoisotopic (exact) mass is 700 g/mol. The second-order valence-corrected chi connectivity index (χ2v) is 14.0. The first-order valence-corrected chi connectivity index (χ1v) is 18.6. The van der Waals surface area contributed by atoms with Crippen LogP contribution in [0.15, 0.2) is 194 Å². The van der Waals surface area contributed by atoms with Crippen molar-refractivity contribution in [1.29, 1.82) is 0 Å². The van der Waals surface area contributed by atoms with Crippen LogP contribution in [0.1, 0.15) is 0 Å². The number of rotatable bonds is 5. The van der Waals surface area contributed by atoms with Crippen LogP contribution in [0.5, 0.6) is 0 Å². The SMILES string of the molecule is c1ccc(-c2nc(-c3ccc(-c4ccc(-n5c6ccccc6c6ccccc65)cc4)cc3)nc(-c3ccc4c5ccccc5c5ccccc5c4c3)n2)cc1. The molecule has 0 fully saturated rings. The van der Waals surface area contributed by atoms with Crippen LogP contribution >= 0.6 is 0 Å². The highest BCUT2D eigenvalue weighted by Crippen LogP contribution is 2.38. The van der Waals surface area contributed by atoms with Gasteiger partial charge in [-0.3, -0.25) is 0 Å². The highest BCUT2D eigenvalue weighted by molar-refractivity contribution is 6.25. The van der Waals surface area contributed by atoms with Crippen molar-refractivity contribution in [2.75, 3.05) is 0 Å². The van der Waals surface area contributed by atoms with E-state index in [0.29, 0.717) is 17.5 Å². The molecule has 256 valence electrons. The van der Waals surface area contributed by atoms with E-state index < -0.39 is 0 Å². The fraction of sp³-hybridized carbons (Fsp3) is 0. The molecule has 11 aromatic rings. The Hall–Kier alpha value is -7.43. The zero-order chi connectivity index (χ0) is 36.3. The van der Waals surface area contributed by atoms with Gasteiger partial charge in [-0.15, -0.1) is 0 Å². The van der Waals surface area contributed by atoms with Gasteiger partial charge in [-0.1, -0.05) is 164 Å². The number of aromatic nitrogens is 4. The van der Waals surface area contributed by atoms with E-state index in [1.165, 1.54) is 54.1 Å². The molecule has 0 aliphatic heterocycles. The van der Waals surface area contributed by atoms with E-state index >= 15 is 0 Å². The molecular formula is C51H32N4. The largest absolute Gasteiger partial charge is 0.309 e. The van der Waals surface area contributed by atoms with Crippen LogP contribution in [-0.4, -0.2) is 19.5 Å². The fourth-order valence-electron chi connectivity index (χ4n) is 8.21. The van der Waals surface area contributed by atoms with E-state index in [9.17, 15) is 0 Å². The number of nitrogens with zero attached hydrogens (tertiary/aromatic N) is 4. The molecule has 0 unspecified atom stereocenters. The van der Waals surface area contributed by atoms with Gasteiger partial charge in [0.25, 0.3) is 0 Å². The minimum absolute atomic E-state index is 0.639. The smallest absolute Gasteiger partial charge is 0.164 e. The molecule has 0 spiro atoms. The third-order valence-electron chi connectivity index (χ3n) is 10.9. The van der Waals surface area contributed by atoms with Crippen molar-refractivity contribution in [3.05, 3.63) is 194 Å². The van der Waals surface area contributed by atoms with Gasteiger partial charge in [0.05, 0.1) is 11.0 Å². The first kappa shape index (κ1) is 31.1. The van der Waals surface area contributed by atoms with Gasteiger partial charge in [-0.25, -0.2) is 15.0 Å². The van der Waals surface area contributed by atoms with Gasteiger partial charge in [0.15, 0.2) is 17.5 Å². The quantitative estimate of drug-likeness (QED) is 0.168. The average molecular weight is 701 g/mol. The van der Waals surface area contributed by atoms with Crippen LogP contribution in [0.3, 0.4) is 0 Å². The zero-order valence-electron chi connectivity index (χ0n) is 29.8. The minimum Gasteiger partial charge on any atom is -0.309 e. The van der Waals surface area contributed by atoms with E-state index in [4.69, 9.17) is 15.0 Å². The highest BCUT2D eigenvalue weighted by atomic mass is 15.0. The lowest BCUT2D eigenvalue weighted by atomic mass is 9.93. The van der Waals surface area contributed by atoms with Gasteiger partial charge in [0, 0.05) is 33.2 Å². The van der Waals surface area contributed by atoms with Crippen LogP contribution in [0, 0.1) is 0 Å². The summed E-state index contributed by atoms with van der Waals surface area (Å²) in [5, 5.41) is 9.88. The Morgan fingerprint density at radius 3 is 1.16 bits per heavy atom. The van der Waals surface area contributed by atoms with Crippen molar-refractivity contribution in [3.63, 3.8) is 0 Å². The lowest BCUT2D eigenvalue weighted by molar-refractivity contribution is 1.07. The van der Waals surface area contributed by atoms with E-state index in [1.54, 1.807) is 0 Å². The Kier molecular flexibility index (Phi) is 7.14. The predicted octanol–water partition coefficient (Wildman–Crippen LogP) is 13.1. The highest BCUT2D eigenvalue weighted by Gasteiger charge is 2.16. The first-order valence-electron chi connectivity index (χ1n) is 18.6. The Labute approximate surface area is 317 Å². The second kappa shape index (κ2) is 12.6. The van der Waals surface area contributed by atoms with Crippen molar-refractivity contribution >= 4 is 54.1 Å². The molecule has 0 bridgehead atoms. The molecule has 4 nitrogen and oxygen atoms in total. The van der Waals surface area contributed by atoms with Gasteiger partial charge >= 0.3 is 0 Å². The van der Waals surface area contributed by atoms with Crippen LogP contribution in [0.4, 0.5) is 0 Å². The third kappa shape index (κ3) is 5.19. The maximum absolute atomic E-state index is 5.12. The lowest BCUT2D eigenvalue weighted by Crippen LogP contribution is -2.00. The normalized spacial score (nSPS) is 11.6. The number of benzene rings is 9. The molecule has 4 heteroatoms. The molecule has 55 heavy (non-hydrogen) atoms. The summed E-state index contributed by atoms with van der Waals surface area (Å²) in [5.74, 6) is 1.93. The molecule has 0 saturated heterocycles. The molecule has 0 aliphatic carbocycles. The fourth-order valence-corrected chi connectivity index (χ4v) is 8.21. The third-order valence-corrected chi connectivity index (χ3v) is 10.9. The Morgan fingerprint density at radius 2 is 0.618 bits per heavy atom. The molecule has 9 aromatic carbocycles. The van der Waals surface area contributed by atoms with Crippen molar-refractivity contribution in [1.82, 2.24) is 19.5 Å². The van der Waals surface area contributed by atoms with Gasteiger partial charge in [-0.05, 0) is 73.8 Å². The summed E-state index contributed by atoms with van der Waals surface area (Å²) in [5.41, 5.74) is 8.66. The summed E-state index contributed by atoms with van der Waals surface area (Å²) in [6.45, 7) is 0. The van der Waals surface area contributed by atoms with E-state index in [1.807, 2.05) is 18.2 Å². The Balaban J connectivity index is 0.987. The van der Waals surface area contributed by atoms with Crippen molar-refractivity contribution in [2.24, 2.45) is 0 Å². The van der Waals surface area contributed by atoms with Crippen molar-refractivity contribution in [2.45, 2.75) is 0 Å². The maximum atomic E-state index is 5.12. The molecular weight excluding hydrogens is 669 g/mol. The van der Waals surface area contributed by atoms with Gasteiger partial charge in [0.1, 0.15) is 0 Å². The van der Waals surface area contributed by atoms with E-state index in [-0.39, 0.29) is 0 Å². The summed E-state index contributed by atoms with van der Waals surface area (Å²) >= 11 is 0. The summed E-state index contributed by atoms with van der Waals surface area (Å²) < 4.78 is 2.35. The molecule has 0 atom stereocenters. The molecule has 0 aliphatic rings. The van der Waals surface area contributed by atoms with Crippen LogP contribution < -0.4 is 0 Å². The number of para-hydroxylation sites is 2. The zero-order valence-corrected chi connectivity index (χ0v) is 29.8. The first-order chi connectivity index (χ1) is 27.3. The topological polar surface area (TPSA) is 43.6 Å². The molecule has 11 rings (SSSR count). The average Bonchev–Trinajstić information content (AvgIpc) is 3.61. The summed E-state index contributed by atoms with van der Waals surface area (Å²) in [6, 6.07) is 68.7. The van der Waals surface area contributed by atoms with Crippen LogP contribution in [-0.2, 0) is 0 Å². The summed E-state index contributed by atoms with van der Waals surface area (Å²) in [4.78, 5) is 15.2.